The number of anilines is 1. The molecular formula is C20H29N5O5. The molecule has 30 heavy (non-hydrogen) atoms. The summed E-state index contributed by atoms with van der Waals surface area (Å²) in [6, 6.07) is 2.39. The molecular weight excluding hydrogens is 390 g/mol. The lowest BCUT2D eigenvalue weighted by molar-refractivity contribution is -0.152. The van der Waals surface area contributed by atoms with Gasteiger partial charge in [0.15, 0.2) is 6.04 Å². The number of hydrogen-bond donors (Lipinski definition) is 5. The van der Waals surface area contributed by atoms with Crippen LogP contribution >= 0.6 is 0 Å². The zero-order valence-electron chi connectivity index (χ0n) is 17.1. The Balaban J connectivity index is 1.47. The first-order valence-electron chi connectivity index (χ1n) is 10.3. The van der Waals surface area contributed by atoms with E-state index < -0.39 is 23.5 Å². The van der Waals surface area contributed by atoms with E-state index >= 15 is 0 Å². The summed E-state index contributed by atoms with van der Waals surface area (Å²) in [6.07, 6.45) is 2.86. The Morgan fingerprint density at radius 2 is 2.03 bits per heavy atom. The van der Waals surface area contributed by atoms with Crippen LogP contribution in [0.25, 0.3) is 0 Å². The van der Waals surface area contributed by atoms with Crippen molar-refractivity contribution in [2.75, 3.05) is 31.5 Å². The second-order valence-electron chi connectivity index (χ2n) is 7.88. The lowest BCUT2D eigenvalue weighted by Gasteiger charge is -2.41. The maximum atomic E-state index is 12.4. The molecule has 3 heterocycles. The van der Waals surface area contributed by atoms with Gasteiger partial charge >= 0.3 is 12.0 Å². The van der Waals surface area contributed by atoms with Gasteiger partial charge in [-0.2, -0.15) is 0 Å². The third-order valence-electron chi connectivity index (χ3n) is 5.66. The van der Waals surface area contributed by atoms with Crippen LogP contribution in [-0.2, 0) is 22.4 Å². The SMILES string of the molecule is CC(=O)NC(C(=O)O)C1(O)CCN(C(=O)NCCc2ccc3c(n2)NCCC3)CC1. The molecule has 1 fully saturated rings. The van der Waals surface area contributed by atoms with Crippen LogP contribution in [0.3, 0.4) is 0 Å². The standard InChI is InChI=1S/C20H29N5O5/c1-13(26)23-16(18(27)28)20(30)7-11-25(12-8-20)19(29)22-10-6-15-5-4-14-3-2-9-21-17(14)24-15/h4-5,16,30H,2-3,6-12H2,1H3,(H,21,24)(H,22,29)(H,23,26)(H,27,28). The van der Waals surface area contributed by atoms with Gasteiger partial charge in [-0.05, 0) is 37.3 Å². The molecule has 5 N–H and O–H groups in total. The predicted molar refractivity (Wildman–Crippen MR) is 109 cm³/mol. The zero-order chi connectivity index (χ0) is 21.7. The largest absolute Gasteiger partial charge is 0.480 e. The molecule has 0 aliphatic carbocycles. The van der Waals surface area contributed by atoms with Crippen LogP contribution in [0.15, 0.2) is 12.1 Å². The van der Waals surface area contributed by atoms with Gasteiger partial charge in [-0.3, -0.25) is 4.79 Å². The molecule has 1 aromatic heterocycles. The summed E-state index contributed by atoms with van der Waals surface area (Å²) in [5, 5.41) is 28.5. The summed E-state index contributed by atoms with van der Waals surface area (Å²) in [5.74, 6) is -0.896. The van der Waals surface area contributed by atoms with E-state index in [0.717, 1.165) is 30.9 Å². The fraction of sp³-hybridized carbons (Fsp3) is 0.600. The van der Waals surface area contributed by atoms with E-state index in [2.05, 4.69) is 27.0 Å². The van der Waals surface area contributed by atoms with Crippen LogP contribution in [0.1, 0.15) is 37.4 Å². The number of carboxylic acid groups (broad SMARTS) is 1. The van der Waals surface area contributed by atoms with Crippen molar-refractivity contribution in [2.24, 2.45) is 0 Å². The molecule has 0 spiro atoms. The average Bonchev–Trinajstić information content (AvgIpc) is 2.72. The van der Waals surface area contributed by atoms with Gasteiger partial charge in [-0.25, -0.2) is 14.6 Å². The molecule has 164 valence electrons. The van der Waals surface area contributed by atoms with E-state index in [1.54, 1.807) is 4.90 Å². The molecule has 3 rings (SSSR count). The van der Waals surface area contributed by atoms with Gasteiger partial charge in [0.1, 0.15) is 5.82 Å². The van der Waals surface area contributed by atoms with Crippen molar-refractivity contribution in [1.29, 1.82) is 0 Å². The van der Waals surface area contributed by atoms with Crippen LogP contribution in [0.5, 0.6) is 0 Å². The first-order valence-corrected chi connectivity index (χ1v) is 10.3. The number of rotatable bonds is 6. The molecule has 10 heteroatoms. The highest BCUT2D eigenvalue weighted by molar-refractivity contribution is 5.83. The number of nitrogens with one attached hydrogen (secondary N) is 3. The number of aliphatic carboxylic acids is 1. The lowest BCUT2D eigenvalue weighted by atomic mass is 9.84. The van der Waals surface area contributed by atoms with Gasteiger partial charge in [-0.1, -0.05) is 6.07 Å². The van der Waals surface area contributed by atoms with Crippen molar-refractivity contribution in [3.05, 3.63) is 23.4 Å². The van der Waals surface area contributed by atoms with Gasteiger partial charge in [0.05, 0.1) is 5.60 Å². The quantitative estimate of drug-likeness (QED) is 0.440. The minimum absolute atomic E-state index is 0.0652. The van der Waals surface area contributed by atoms with Gasteiger partial charge in [0.25, 0.3) is 0 Å². The van der Waals surface area contributed by atoms with Crippen LogP contribution in [0.2, 0.25) is 0 Å². The second-order valence-corrected chi connectivity index (χ2v) is 7.88. The Labute approximate surface area is 175 Å². The molecule has 2 aliphatic heterocycles. The molecule has 0 aromatic carbocycles. The Hall–Kier alpha value is -2.88. The van der Waals surface area contributed by atoms with E-state index in [0.29, 0.717) is 13.0 Å². The van der Waals surface area contributed by atoms with Crippen molar-refractivity contribution in [3.8, 4) is 0 Å². The summed E-state index contributed by atoms with van der Waals surface area (Å²) in [4.78, 5) is 41.3. The normalized spacial score (nSPS) is 18.5. The number of fused-ring (bicyclic) bond motifs is 1. The number of amides is 3. The number of urea groups is 1. The summed E-state index contributed by atoms with van der Waals surface area (Å²) in [6.45, 7) is 2.95. The minimum atomic E-state index is -1.59. The summed E-state index contributed by atoms with van der Waals surface area (Å²) in [5.41, 5.74) is 0.527. The molecule has 1 aromatic rings. The van der Waals surface area contributed by atoms with Crippen molar-refractivity contribution in [3.63, 3.8) is 0 Å². The fourth-order valence-corrected chi connectivity index (χ4v) is 3.93. The topological polar surface area (TPSA) is 144 Å². The van der Waals surface area contributed by atoms with E-state index in [4.69, 9.17) is 0 Å². The predicted octanol–water partition coefficient (Wildman–Crippen LogP) is 0.108. The fourth-order valence-electron chi connectivity index (χ4n) is 3.93. The number of nitrogens with zero attached hydrogens (tertiary/aromatic N) is 2. The zero-order valence-corrected chi connectivity index (χ0v) is 17.1. The molecule has 0 radical (unpaired) electrons. The number of pyridine rings is 1. The van der Waals surface area contributed by atoms with Gasteiger partial charge in [-0.15, -0.1) is 0 Å². The van der Waals surface area contributed by atoms with Crippen molar-refractivity contribution in [1.82, 2.24) is 20.5 Å². The van der Waals surface area contributed by atoms with Gasteiger partial charge in [0, 0.05) is 45.2 Å². The Morgan fingerprint density at radius 1 is 1.30 bits per heavy atom. The van der Waals surface area contributed by atoms with Crippen molar-refractivity contribution >= 4 is 23.7 Å². The van der Waals surface area contributed by atoms with Crippen molar-refractivity contribution < 1.29 is 24.6 Å². The molecule has 10 nitrogen and oxygen atoms in total. The highest BCUT2D eigenvalue weighted by atomic mass is 16.4. The van der Waals surface area contributed by atoms with E-state index in [9.17, 15) is 24.6 Å². The number of carbonyl (C=O) groups excluding carboxylic acids is 2. The van der Waals surface area contributed by atoms with Gasteiger partial charge in [0.2, 0.25) is 5.91 Å². The molecule has 0 saturated carbocycles. The van der Waals surface area contributed by atoms with Gasteiger partial charge < -0.3 is 31.1 Å². The number of likely N-dealkylation sites (tertiary alicyclic amines) is 1. The average molecular weight is 419 g/mol. The van der Waals surface area contributed by atoms with E-state index in [1.807, 2.05) is 6.07 Å². The molecule has 3 amide bonds. The number of aromatic nitrogens is 1. The Morgan fingerprint density at radius 3 is 2.70 bits per heavy atom. The van der Waals surface area contributed by atoms with Crippen LogP contribution in [-0.4, -0.2) is 75.8 Å². The smallest absolute Gasteiger partial charge is 0.329 e. The molecule has 2 aliphatic rings. The maximum absolute atomic E-state index is 12.4. The Kier molecular flexibility index (Phi) is 6.76. The van der Waals surface area contributed by atoms with Crippen LogP contribution < -0.4 is 16.0 Å². The summed E-state index contributed by atoms with van der Waals surface area (Å²) < 4.78 is 0. The van der Waals surface area contributed by atoms with E-state index in [1.165, 1.54) is 12.5 Å². The highest BCUT2D eigenvalue weighted by Gasteiger charge is 2.45. The second kappa shape index (κ2) is 9.29. The van der Waals surface area contributed by atoms with E-state index in [-0.39, 0.29) is 32.0 Å². The third-order valence-corrected chi connectivity index (χ3v) is 5.66. The number of hydrogen-bond acceptors (Lipinski definition) is 6. The first kappa shape index (κ1) is 21.8. The maximum Gasteiger partial charge on any atom is 0.329 e. The van der Waals surface area contributed by atoms with Crippen molar-refractivity contribution in [2.45, 2.75) is 50.7 Å². The van der Waals surface area contributed by atoms with Crippen LogP contribution in [0.4, 0.5) is 10.6 Å². The third kappa shape index (κ3) is 5.18. The lowest BCUT2D eigenvalue weighted by Crippen LogP contribution is -2.61. The molecule has 1 atom stereocenters. The number of carbonyl (C=O) groups is 3. The number of carboxylic acids is 1. The first-order chi connectivity index (χ1) is 14.3. The minimum Gasteiger partial charge on any atom is -0.480 e. The highest BCUT2D eigenvalue weighted by Crippen LogP contribution is 2.26. The molecule has 1 unspecified atom stereocenters. The monoisotopic (exact) mass is 419 g/mol. The summed E-state index contributed by atoms with van der Waals surface area (Å²) in [7, 11) is 0. The molecule has 1 saturated heterocycles. The Bertz CT molecular complexity index is 807. The number of piperidine rings is 1. The number of aliphatic hydroxyl groups is 1. The summed E-state index contributed by atoms with van der Waals surface area (Å²) >= 11 is 0. The van der Waals surface area contributed by atoms with Crippen LogP contribution in [0, 0.1) is 0 Å². The number of aryl methyl sites for hydroxylation is 1. The molecule has 0 bridgehead atoms.